The lowest BCUT2D eigenvalue weighted by Crippen LogP contribution is -2.21. The number of halogens is 1. The number of hydrogen-bond donors (Lipinski definition) is 2. The van der Waals surface area contributed by atoms with Gasteiger partial charge in [-0.25, -0.2) is 9.37 Å². The van der Waals surface area contributed by atoms with E-state index in [9.17, 15) is 4.39 Å². The molecule has 0 saturated carbocycles. The minimum atomic E-state index is -1.21. The quantitative estimate of drug-likeness (QED) is 0.749. The number of nitrogen functional groups attached to an aromatic ring is 1. The summed E-state index contributed by atoms with van der Waals surface area (Å²) in [6, 6.07) is 0. The molecule has 1 saturated heterocycles. The number of thiazole rings is 1. The van der Waals surface area contributed by atoms with Crippen LogP contribution < -0.4 is 11.1 Å². The van der Waals surface area contributed by atoms with E-state index in [1.54, 1.807) is 6.20 Å². The summed E-state index contributed by atoms with van der Waals surface area (Å²) < 4.78 is 14.5. The molecule has 2 rings (SSSR count). The normalized spacial score (nSPS) is 28.6. The van der Waals surface area contributed by atoms with Crippen LogP contribution >= 0.6 is 11.3 Å². The summed E-state index contributed by atoms with van der Waals surface area (Å²) in [5.41, 5.74) is 4.30. The maximum atomic E-state index is 14.5. The number of alkyl halides is 1. The van der Waals surface area contributed by atoms with Crippen LogP contribution in [-0.2, 0) is 5.67 Å². The predicted molar refractivity (Wildman–Crippen MR) is 56.0 cm³/mol. The van der Waals surface area contributed by atoms with Crippen LogP contribution in [0.3, 0.4) is 0 Å². The Kier molecular flexibility index (Phi) is 2.69. The molecule has 0 amide bonds. The molecule has 1 aliphatic rings. The fourth-order valence-electron chi connectivity index (χ4n) is 1.77. The van der Waals surface area contributed by atoms with E-state index >= 15 is 0 Å². The summed E-state index contributed by atoms with van der Waals surface area (Å²) in [6.45, 7) is 1.63. The maximum absolute atomic E-state index is 14.5. The molecule has 0 radical (unpaired) electrons. The Morgan fingerprint density at radius 3 is 3.07 bits per heavy atom. The Balaban J connectivity index is 2.20. The Morgan fingerprint density at radius 2 is 2.36 bits per heavy atom. The molecular weight excluding hydrogens is 201 g/mol. The number of rotatable bonds is 1. The van der Waals surface area contributed by atoms with Crippen LogP contribution in [0.2, 0.25) is 0 Å². The third-order valence-electron chi connectivity index (χ3n) is 2.59. The zero-order valence-corrected chi connectivity index (χ0v) is 8.74. The fraction of sp³-hybridized carbons (Fsp3) is 0.667. The number of hydrogen-bond acceptors (Lipinski definition) is 4. The van der Waals surface area contributed by atoms with E-state index in [4.69, 9.17) is 5.73 Å². The third kappa shape index (κ3) is 1.88. The van der Waals surface area contributed by atoms with Gasteiger partial charge in [0.25, 0.3) is 0 Å². The summed E-state index contributed by atoms with van der Waals surface area (Å²) in [5, 5.41) is 3.64. The minimum Gasteiger partial charge on any atom is -0.375 e. The van der Waals surface area contributed by atoms with Gasteiger partial charge in [-0.05, 0) is 32.4 Å². The van der Waals surface area contributed by atoms with Crippen LogP contribution in [0, 0.1) is 0 Å². The van der Waals surface area contributed by atoms with Crippen molar-refractivity contribution in [3.63, 3.8) is 0 Å². The van der Waals surface area contributed by atoms with Gasteiger partial charge in [-0.15, -0.1) is 0 Å². The first-order valence-corrected chi connectivity index (χ1v) is 5.64. The van der Waals surface area contributed by atoms with E-state index < -0.39 is 5.67 Å². The molecule has 0 bridgehead atoms. The van der Waals surface area contributed by atoms with E-state index in [-0.39, 0.29) is 0 Å². The Hall–Kier alpha value is -0.680. The number of aromatic nitrogens is 1. The monoisotopic (exact) mass is 215 g/mol. The molecule has 3 N–H and O–H groups in total. The van der Waals surface area contributed by atoms with Crippen molar-refractivity contribution >= 4 is 16.5 Å². The highest BCUT2D eigenvalue weighted by Gasteiger charge is 2.34. The SMILES string of the molecule is Nc1ncc(C2(F)CCCNCC2)s1. The highest BCUT2D eigenvalue weighted by Crippen LogP contribution is 2.39. The molecule has 1 aliphatic heterocycles. The molecule has 1 fully saturated rings. The van der Waals surface area contributed by atoms with Crippen molar-refractivity contribution in [1.82, 2.24) is 10.3 Å². The number of nitrogens with zero attached hydrogens (tertiary/aromatic N) is 1. The summed E-state index contributed by atoms with van der Waals surface area (Å²) in [5.74, 6) is 0. The van der Waals surface area contributed by atoms with Crippen molar-refractivity contribution < 1.29 is 4.39 Å². The first-order valence-electron chi connectivity index (χ1n) is 4.82. The smallest absolute Gasteiger partial charge is 0.180 e. The molecule has 1 unspecified atom stereocenters. The molecule has 1 aromatic rings. The lowest BCUT2D eigenvalue weighted by Gasteiger charge is -2.20. The molecular formula is C9H14FN3S. The second kappa shape index (κ2) is 3.82. The average molecular weight is 215 g/mol. The molecule has 0 aliphatic carbocycles. The zero-order valence-electron chi connectivity index (χ0n) is 7.92. The Bertz CT molecular complexity index is 305. The minimum absolute atomic E-state index is 0.453. The Morgan fingerprint density at radius 1 is 1.50 bits per heavy atom. The van der Waals surface area contributed by atoms with Crippen molar-refractivity contribution in [3.8, 4) is 0 Å². The van der Waals surface area contributed by atoms with Gasteiger partial charge >= 0.3 is 0 Å². The van der Waals surface area contributed by atoms with E-state index in [0.717, 1.165) is 19.5 Å². The standard InChI is InChI=1S/C9H14FN3S/c10-9(2-1-4-12-5-3-9)7-6-13-8(11)14-7/h6,12H,1-5H2,(H2,11,13). The van der Waals surface area contributed by atoms with E-state index in [1.165, 1.54) is 11.3 Å². The number of anilines is 1. The largest absolute Gasteiger partial charge is 0.375 e. The molecule has 0 spiro atoms. The van der Waals surface area contributed by atoms with Crippen LogP contribution in [0.4, 0.5) is 9.52 Å². The van der Waals surface area contributed by atoms with Gasteiger partial charge in [-0.3, -0.25) is 0 Å². The highest BCUT2D eigenvalue weighted by atomic mass is 32.1. The van der Waals surface area contributed by atoms with E-state index in [2.05, 4.69) is 10.3 Å². The fourth-order valence-corrected chi connectivity index (χ4v) is 2.59. The third-order valence-corrected chi connectivity index (χ3v) is 3.60. The van der Waals surface area contributed by atoms with Gasteiger partial charge in [0, 0.05) is 6.20 Å². The molecule has 1 atom stereocenters. The van der Waals surface area contributed by atoms with Gasteiger partial charge in [0.1, 0.15) is 5.67 Å². The van der Waals surface area contributed by atoms with E-state index in [0.29, 0.717) is 22.9 Å². The number of nitrogens with two attached hydrogens (primary N) is 1. The van der Waals surface area contributed by atoms with Crippen LogP contribution in [0.15, 0.2) is 6.20 Å². The predicted octanol–water partition coefficient (Wildman–Crippen LogP) is 1.66. The van der Waals surface area contributed by atoms with Crippen molar-refractivity contribution in [2.24, 2.45) is 0 Å². The van der Waals surface area contributed by atoms with Crippen molar-refractivity contribution in [2.45, 2.75) is 24.9 Å². The molecule has 78 valence electrons. The topological polar surface area (TPSA) is 50.9 Å². The summed E-state index contributed by atoms with van der Waals surface area (Å²) in [7, 11) is 0. The molecule has 14 heavy (non-hydrogen) atoms. The van der Waals surface area contributed by atoms with Gasteiger partial charge < -0.3 is 11.1 Å². The molecule has 1 aromatic heterocycles. The molecule has 3 nitrogen and oxygen atoms in total. The first-order chi connectivity index (χ1) is 6.71. The van der Waals surface area contributed by atoms with Gasteiger partial charge in [0.05, 0.1) is 4.88 Å². The van der Waals surface area contributed by atoms with Crippen LogP contribution in [0.1, 0.15) is 24.1 Å². The number of nitrogens with one attached hydrogen (secondary N) is 1. The van der Waals surface area contributed by atoms with Crippen LogP contribution in [-0.4, -0.2) is 18.1 Å². The lowest BCUT2D eigenvalue weighted by molar-refractivity contribution is 0.149. The summed E-state index contributed by atoms with van der Waals surface area (Å²) in [6.07, 6.45) is 3.54. The van der Waals surface area contributed by atoms with Crippen LogP contribution in [0.25, 0.3) is 0 Å². The van der Waals surface area contributed by atoms with Gasteiger partial charge in [-0.1, -0.05) is 11.3 Å². The van der Waals surface area contributed by atoms with Crippen molar-refractivity contribution in [2.75, 3.05) is 18.8 Å². The lowest BCUT2D eigenvalue weighted by atomic mass is 9.96. The van der Waals surface area contributed by atoms with Crippen molar-refractivity contribution in [3.05, 3.63) is 11.1 Å². The summed E-state index contributed by atoms with van der Waals surface area (Å²) in [4.78, 5) is 4.58. The summed E-state index contributed by atoms with van der Waals surface area (Å²) >= 11 is 1.27. The molecule has 2 heterocycles. The van der Waals surface area contributed by atoms with Gasteiger partial charge in [-0.2, -0.15) is 0 Å². The van der Waals surface area contributed by atoms with Gasteiger partial charge in [0.15, 0.2) is 5.13 Å². The second-order valence-electron chi connectivity index (χ2n) is 3.63. The van der Waals surface area contributed by atoms with Gasteiger partial charge in [0.2, 0.25) is 0 Å². The van der Waals surface area contributed by atoms with Crippen molar-refractivity contribution in [1.29, 1.82) is 0 Å². The maximum Gasteiger partial charge on any atom is 0.180 e. The first kappa shape index (κ1) is 9.86. The Labute approximate surface area is 86.5 Å². The van der Waals surface area contributed by atoms with Crippen LogP contribution in [0.5, 0.6) is 0 Å². The molecule has 5 heteroatoms. The highest BCUT2D eigenvalue weighted by molar-refractivity contribution is 7.15. The molecule has 0 aromatic carbocycles. The average Bonchev–Trinajstić information content (AvgIpc) is 2.47. The zero-order chi connectivity index (χ0) is 10.0. The second-order valence-corrected chi connectivity index (χ2v) is 4.69. The van der Waals surface area contributed by atoms with E-state index in [1.807, 2.05) is 0 Å².